The Kier molecular flexibility index (Phi) is 5.36. The van der Waals surface area contributed by atoms with Crippen molar-refractivity contribution in [2.75, 3.05) is 44.1 Å². The number of anilines is 2. The fourth-order valence-electron chi connectivity index (χ4n) is 2.93. The summed E-state index contributed by atoms with van der Waals surface area (Å²) in [4.78, 5) is 11.0. The minimum atomic E-state index is 0.750. The van der Waals surface area contributed by atoms with E-state index in [0.717, 1.165) is 49.2 Å². The molecule has 1 aliphatic rings. The smallest absolute Gasteiger partial charge is 0.160 e. The molecule has 6 nitrogen and oxygen atoms in total. The van der Waals surface area contributed by atoms with Crippen LogP contribution in [0.4, 0.5) is 11.6 Å². The fraction of sp³-hybridized carbons (Fsp3) is 0.444. The van der Waals surface area contributed by atoms with E-state index in [1.807, 2.05) is 18.2 Å². The summed E-state index contributed by atoms with van der Waals surface area (Å²) in [6.45, 7) is 2.97. The molecular formula is C18H24N4O2. The molecule has 3 rings (SSSR count). The number of hydrogen-bond donors (Lipinski definition) is 1. The normalized spacial score (nSPS) is 13.8. The zero-order valence-corrected chi connectivity index (χ0v) is 14.3. The number of nitrogens with one attached hydrogen (secondary N) is 1. The minimum absolute atomic E-state index is 0.750. The lowest BCUT2D eigenvalue weighted by Crippen LogP contribution is -2.19. The average molecular weight is 328 g/mol. The summed E-state index contributed by atoms with van der Waals surface area (Å²) in [6, 6.07) is 8.03. The van der Waals surface area contributed by atoms with E-state index in [9.17, 15) is 0 Å². The van der Waals surface area contributed by atoms with Gasteiger partial charge < -0.3 is 19.7 Å². The summed E-state index contributed by atoms with van der Waals surface area (Å²) in [6.07, 6.45) is 4.99. The van der Waals surface area contributed by atoms with Crippen LogP contribution in [0.15, 0.2) is 30.6 Å². The lowest BCUT2D eigenvalue weighted by atomic mass is 10.1. The molecule has 0 bridgehead atoms. The van der Waals surface area contributed by atoms with Crippen molar-refractivity contribution in [2.45, 2.75) is 19.3 Å². The standard InChI is InChI=1S/C18H24N4O2/c1-23-15-6-5-14(11-16(15)24-2)7-8-19-17-12-18(21-13-20-17)22-9-3-4-10-22/h5-6,11-13H,3-4,7-10H2,1-2H3,(H,19,20,21). The number of hydrogen-bond acceptors (Lipinski definition) is 6. The molecule has 1 fully saturated rings. The van der Waals surface area contributed by atoms with Crippen molar-refractivity contribution in [1.29, 1.82) is 0 Å². The highest BCUT2D eigenvalue weighted by atomic mass is 16.5. The third-order valence-electron chi connectivity index (χ3n) is 4.25. The largest absolute Gasteiger partial charge is 0.493 e. The number of nitrogens with zero attached hydrogens (tertiary/aromatic N) is 3. The molecule has 2 heterocycles. The molecule has 1 saturated heterocycles. The second-order valence-corrected chi connectivity index (χ2v) is 5.82. The number of benzene rings is 1. The van der Waals surface area contributed by atoms with Gasteiger partial charge in [0.15, 0.2) is 11.5 Å². The molecule has 0 amide bonds. The quantitative estimate of drug-likeness (QED) is 0.843. The predicted molar refractivity (Wildman–Crippen MR) is 95.2 cm³/mol. The zero-order chi connectivity index (χ0) is 16.8. The maximum absolute atomic E-state index is 5.34. The first-order chi connectivity index (χ1) is 11.8. The Hall–Kier alpha value is -2.50. The van der Waals surface area contributed by atoms with Gasteiger partial charge in [-0.1, -0.05) is 6.07 Å². The van der Waals surface area contributed by atoms with E-state index in [4.69, 9.17) is 9.47 Å². The van der Waals surface area contributed by atoms with E-state index in [-0.39, 0.29) is 0 Å². The Balaban J connectivity index is 1.57. The van der Waals surface area contributed by atoms with Crippen LogP contribution in [0, 0.1) is 0 Å². The summed E-state index contributed by atoms with van der Waals surface area (Å²) in [5.41, 5.74) is 1.19. The van der Waals surface area contributed by atoms with Gasteiger partial charge in [-0.25, -0.2) is 9.97 Å². The van der Waals surface area contributed by atoms with E-state index < -0.39 is 0 Å². The van der Waals surface area contributed by atoms with Crippen LogP contribution < -0.4 is 19.7 Å². The number of rotatable bonds is 7. The molecular weight excluding hydrogens is 304 g/mol. The number of ether oxygens (including phenoxy) is 2. The van der Waals surface area contributed by atoms with Gasteiger partial charge >= 0.3 is 0 Å². The van der Waals surface area contributed by atoms with Crippen LogP contribution in [0.5, 0.6) is 11.5 Å². The molecule has 6 heteroatoms. The highest BCUT2D eigenvalue weighted by molar-refractivity contribution is 5.49. The number of methoxy groups -OCH3 is 2. The molecule has 24 heavy (non-hydrogen) atoms. The monoisotopic (exact) mass is 328 g/mol. The molecule has 128 valence electrons. The first kappa shape index (κ1) is 16.4. The molecule has 1 aliphatic heterocycles. The SMILES string of the molecule is COc1ccc(CCNc2cc(N3CCCC3)ncn2)cc1OC. The summed E-state index contributed by atoms with van der Waals surface area (Å²) in [5, 5.41) is 3.37. The lowest BCUT2D eigenvalue weighted by Gasteiger charge is -2.16. The highest BCUT2D eigenvalue weighted by Gasteiger charge is 2.13. The van der Waals surface area contributed by atoms with Gasteiger partial charge in [0.05, 0.1) is 14.2 Å². The molecule has 1 aromatic carbocycles. The molecule has 1 N–H and O–H groups in total. The van der Waals surface area contributed by atoms with Crippen LogP contribution in [0.2, 0.25) is 0 Å². The van der Waals surface area contributed by atoms with Crippen molar-refractivity contribution in [3.05, 3.63) is 36.2 Å². The topological polar surface area (TPSA) is 59.5 Å². The Bertz CT molecular complexity index is 672. The van der Waals surface area contributed by atoms with Crippen LogP contribution in [-0.4, -0.2) is 43.8 Å². The predicted octanol–water partition coefficient (Wildman–Crippen LogP) is 2.75. The van der Waals surface area contributed by atoms with E-state index >= 15 is 0 Å². The number of aromatic nitrogens is 2. The van der Waals surface area contributed by atoms with Gasteiger partial charge in [0.2, 0.25) is 0 Å². The highest BCUT2D eigenvalue weighted by Crippen LogP contribution is 2.27. The second kappa shape index (κ2) is 7.86. The zero-order valence-electron chi connectivity index (χ0n) is 14.3. The molecule has 0 radical (unpaired) electrons. The molecule has 0 spiro atoms. The van der Waals surface area contributed by atoms with Crippen LogP contribution in [0.1, 0.15) is 18.4 Å². The van der Waals surface area contributed by atoms with Crippen LogP contribution in [0.25, 0.3) is 0 Å². The van der Waals surface area contributed by atoms with Crippen molar-refractivity contribution in [3.63, 3.8) is 0 Å². The van der Waals surface area contributed by atoms with Crippen LogP contribution in [-0.2, 0) is 6.42 Å². The van der Waals surface area contributed by atoms with Gasteiger partial charge in [0.1, 0.15) is 18.0 Å². The van der Waals surface area contributed by atoms with Crippen LogP contribution >= 0.6 is 0 Å². The molecule has 0 saturated carbocycles. The van der Waals surface area contributed by atoms with Crippen LogP contribution in [0.3, 0.4) is 0 Å². The van der Waals surface area contributed by atoms with Gasteiger partial charge in [-0.2, -0.15) is 0 Å². The molecule has 2 aromatic rings. The fourth-order valence-corrected chi connectivity index (χ4v) is 2.93. The molecule has 0 unspecified atom stereocenters. The second-order valence-electron chi connectivity index (χ2n) is 5.82. The summed E-state index contributed by atoms with van der Waals surface area (Å²) >= 11 is 0. The van der Waals surface area contributed by atoms with E-state index in [2.05, 4.69) is 26.3 Å². The Morgan fingerprint density at radius 3 is 2.58 bits per heavy atom. The Morgan fingerprint density at radius 1 is 1.04 bits per heavy atom. The lowest BCUT2D eigenvalue weighted by molar-refractivity contribution is 0.354. The first-order valence-electron chi connectivity index (χ1n) is 8.32. The summed E-state index contributed by atoms with van der Waals surface area (Å²) in [7, 11) is 3.30. The Morgan fingerprint density at radius 2 is 1.83 bits per heavy atom. The van der Waals surface area contributed by atoms with Crippen molar-refractivity contribution in [3.8, 4) is 11.5 Å². The van der Waals surface area contributed by atoms with E-state index in [0.29, 0.717) is 0 Å². The van der Waals surface area contributed by atoms with Gasteiger partial charge in [0.25, 0.3) is 0 Å². The van der Waals surface area contributed by atoms with E-state index in [1.165, 1.54) is 18.4 Å². The third-order valence-corrected chi connectivity index (χ3v) is 4.25. The maximum atomic E-state index is 5.34. The molecule has 0 atom stereocenters. The van der Waals surface area contributed by atoms with Gasteiger partial charge in [-0.15, -0.1) is 0 Å². The molecule has 0 aliphatic carbocycles. The first-order valence-corrected chi connectivity index (χ1v) is 8.32. The maximum Gasteiger partial charge on any atom is 0.160 e. The van der Waals surface area contributed by atoms with Crippen molar-refractivity contribution >= 4 is 11.6 Å². The van der Waals surface area contributed by atoms with Crippen molar-refractivity contribution in [1.82, 2.24) is 9.97 Å². The van der Waals surface area contributed by atoms with Crippen molar-refractivity contribution < 1.29 is 9.47 Å². The van der Waals surface area contributed by atoms with Gasteiger partial charge in [-0.3, -0.25) is 0 Å². The third kappa shape index (κ3) is 3.88. The van der Waals surface area contributed by atoms with Gasteiger partial charge in [0, 0.05) is 25.7 Å². The van der Waals surface area contributed by atoms with Crippen molar-refractivity contribution in [2.24, 2.45) is 0 Å². The molecule has 1 aromatic heterocycles. The Labute approximate surface area is 142 Å². The average Bonchev–Trinajstić information content (AvgIpc) is 3.16. The minimum Gasteiger partial charge on any atom is -0.493 e. The van der Waals surface area contributed by atoms with E-state index in [1.54, 1.807) is 20.5 Å². The summed E-state index contributed by atoms with van der Waals surface area (Å²) in [5.74, 6) is 3.39. The summed E-state index contributed by atoms with van der Waals surface area (Å²) < 4.78 is 10.6. The van der Waals surface area contributed by atoms with Gasteiger partial charge in [-0.05, 0) is 37.0 Å².